The zero-order chi connectivity index (χ0) is 16.4. The lowest BCUT2D eigenvalue weighted by atomic mass is 10.1. The Kier molecular flexibility index (Phi) is 4.47. The van der Waals surface area contributed by atoms with Crippen LogP contribution in [0.25, 0.3) is 6.08 Å². The summed E-state index contributed by atoms with van der Waals surface area (Å²) in [6.07, 6.45) is 4.01. The van der Waals surface area contributed by atoms with Crippen LogP contribution in [0.4, 0.5) is 10.5 Å². The highest BCUT2D eigenvalue weighted by molar-refractivity contribution is 8.18. The van der Waals surface area contributed by atoms with Crippen molar-refractivity contribution < 1.29 is 19.1 Å². The van der Waals surface area contributed by atoms with Crippen LogP contribution in [0.15, 0.2) is 17.0 Å². The van der Waals surface area contributed by atoms with Crippen molar-refractivity contribution in [3.05, 3.63) is 22.6 Å². The van der Waals surface area contributed by atoms with Gasteiger partial charge >= 0.3 is 0 Å². The van der Waals surface area contributed by atoms with Gasteiger partial charge in [0.15, 0.2) is 11.5 Å². The Balaban J connectivity index is 2.07. The lowest BCUT2D eigenvalue weighted by molar-refractivity contribution is -0.115. The molecule has 0 radical (unpaired) electrons. The number of nitrogens with zero attached hydrogens (tertiary/aromatic N) is 1. The number of carbonyl (C=O) groups is 2. The van der Waals surface area contributed by atoms with Gasteiger partial charge in [-0.1, -0.05) is 0 Å². The highest BCUT2D eigenvalue weighted by Gasteiger charge is 2.26. The third-order valence-corrected chi connectivity index (χ3v) is 4.72. The van der Waals surface area contributed by atoms with E-state index in [9.17, 15) is 9.59 Å². The Morgan fingerprint density at radius 2 is 1.78 bits per heavy atom. The van der Waals surface area contributed by atoms with Gasteiger partial charge in [0.25, 0.3) is 11.1 Å². The minimum absolute atomic E-state index is 0.343. The molecule has 0 spiro atoms. The summed E-state index contributed by atoms with van der Waals surface area (Å²) >= 11 is 0.914. The van der Waals surface area contributed by atoms with E-state index < -0.39 is 0 Å². The van der Waals surface area contributed by atoms with Gasteiger partial charge in [-0.15, -0.1) is 0 Å². The van der Waals surface area contributed by atoms with Crippen LogP contribution in [-0.4, -0.2) is 38.5 Å². The van der Waals surface area contributed by atoms with Crippen LogP contribution in [0.5, 0.6) is 11.5 Å². The van der Waals surface area contributed by atoms with Crippen molar-refractivity contribution in [2.75, 3.05) is 32.2 Å². The normalized spacial score (nSPS) is 19.4. The van der Waals surface area contributed by atoms with E-state index in [0.29, 0.717) is 16.4 Å². The summed E-state index contributed by atoms with van der Waals surface area (Å²) in [6, 6.07) is 3.77. The van der Waals surface area contributed by atoms with Gasteiger partial charge in [-0.25, -0.2) is 0 Å². The number of anilines is 1. The van der Waals surface area contributed by atoms with Crippen LogP contribution in [0, 0.1) is 0 Å². The van der Waals surface area contributed by atoms with Gasteiger partial charge in [-0.05, 0) is 36.7 Å². The lowest BCUT2D eigenvalue weighted by Gasteiger charge is -2.22. The number of nitrogens with one attached hydrogen (secondary N) is 1. The third-order valence-electron chi connectivity index (χ3n) is 3.91. The summed E-state index contributed by atoms with van der Waals surface area (Å²) in [6.45, 7) is 1.92. The van der Waals surface area contributed by atoms with Crippen molar-refractivity contribution in [3.8, 4) is 11.5 Å². The van der Waals surface area contributed by atoms with Gasteiger partial charge in [0.05, 0.1) is 19.1 Å². The van der Waals surface area contributed by atoms with E-state index >= 15 is 0 Å². The fourth-order valence-electron chi connectivity index (χ4n) is 2.79. The summed E-state index contributed by atoms with van der Waals surface area (Å²) in [5, 5.41) is 1.93. The van der Waals surface area contributed by atoms with Gasteiger partial charge in [-0.3, -0.25) is 14.9 Å². The van der Waals surface area contributed by atoms with E-state index in [1.165, 1.54) is 0 Å². The molecule has 6 nitrogen and oxygen atoms in total. The maximum Gasteiger partial charge on any atom is 0.290 e. The monoisotopic (exact) mass is 334 g/mol. The molecule has 2 aliphatic heterocycles. The van der Waals surface area contributed by atoms with Gasteiger partial charge in [0.1, 0.15) is 0 Å². The number of benzene rings is 1. The molecule has 2 fully saturated rings. The lowest BCUT2D eigenvalue weighted by Crippen LogP contribution is -2.19. The van der Waals surface area contributed by atoms with Crippen molar-refractivity contribution in [1.82, 2.24) is 5.32 Å². The number of thioether (sulfide) groups is 1. The molecule has 0 saturated carbocycles. The first-order valence-electron chi connectivity index (χ1n) is 7.38. The Bertz CT molecular complexity index is 681. The molecule has 0 aromatic heterocycles. The molecule has 0 atom stereocenters. The number of methoxy groups -OCH3 is 2. The molecule has 122 valence electrons. The van der Waals surface area contributed by atoms with Crippen molar-refractivity contribution in [2.24, 2.45) is 0 Å². The average Bonchev–Trinajstić information content (AvgIpc) is 3.17. The summed E-state index contributed by atoms with van der Waals surface area (Å²) in [5.74, 6) is 0.885. The van der Waals surface area contributed by atoms with Crippen LogP contribution >= 0.6 is 11.8 Å². The van der Waals surface area contributed by atoms with Gasteiger partial charge < -0.3 is 14.4 Å². The van der Waals surface area contributed by atoms with E-state index in [1.807, 2.05) is 12.1 Å². The molecular weight excluding hydrogens is 316 g/mol. The van der Waals surface area contributed by atoms with Crippen molar-refractivity contribution in [2.45, 2.75) is 12.8 Å². The summed E-state index contributed by atoms with van der Waals surface area (Å²) in [7, 11) is 3.17. The second-order valence-electron chi connectivity index (χ2n) is 5.31. The SMILES string of the molecule is COc1cc(C=C2SC(=O)NC2=O)c(N2CCCC2)cc1OC. The third kappa shape index (κ3) is 3.14. The van der Waals surface area contributed by atoms with Crippen LogP contribution in [0.2, 0.25) is 0 Å². The first-order chi connectivity index (χ1) is 11.1. The van der Waals surface area contributed by atoms with E-state index in [4.69, 9.17) is 9.47 Å². The molecule has 7 heteroatoms. The maximum absolute atomic E-state index is 11.8. The zero-order valence-electron chi connectivity index (χ0n) is 13.0. The number of carbonyl (C=O) groups excluding carboxylic acids is 2. The van der Waals surface area contributed by atoms with E-state index in [2.05, 4.69) is 10.2 Å². The molecule has 2 aliphatic rings. The van der Waals surface area contributed by atoms with Crippen LogP contribution in [-0.2, 0) is 4.79 Å². The fourth-order valence-corrected chi connectivity index (χ4v) is 3.47. The Morgan fingerprint density at radius 1 is 1.13 bits per heavy atom. The number of ether oxygens (including phenoxy) is 2. The van der Waals surface area contributed by atoms with E-state index in [1.54, 1.807) is 20.3 Å². The quantitative estimate of drug-likeness (QED) is 0.854. The first-order valence-corrected chi connectivity index (χ1v) is 8.20. The number of hydrogen-bond acceptors (Lipinski definition) is 6. The summed E-state index contributed by atoms with van der Waals surface area (Å²) < 4.78 is 10.7. The predicted octanol–water partition coefficient (Wildman–Crippen LogP) is 2.63. The second-order valence-corrected chi connectivity index (χ2v) is 6.33. The Hall–Kier alpha value is -2.15. The molecule has 0 unspecified atom stereocenters. The Morgan fingerprint density at radius 3 is 2.35 bits per heavy atom. The fraction of sp³-hybridized carbons (Fsp3) is 0.375. The number of amides is 2. The van der Waals surface area contributed by atoms with Crippen LogP contribution in [0.1, 0.15) is 18.4 Å². The van der Waals surface area contributed by atoms with E-state index in [0.717, 1.165) is 48.9 Å². The van der Waals surface area contributed by atoms with Crippen molar-refractivity contribution >= 4 is 34.7 Å². The second kappa shape index (κ2) is 6.54. The highest BCUT2D eigenvalue weighted by Crippen LogP contribution is 2.38. The first kappa shape index (κ1) is 15.7. The molecule has 23 heavy (non-hydrogen) atoms. The number of imide groups is 1. The molecule has 1 aromatic carbocycles. The van der Waals surface area contributed by atoms with Crippen molar-refractivity contribution in [3.63, 3.8) is 0 Å². The number of hydrogen-bond donors (Lipinski definition) is 1. The van der Waals surface area contributed by atoms with E-state index in [-0.39, 0.29) is 11.1 Å². The largest absolute Gasteiger partial charge is 0.493 e. The van der Waals surface area contributed by atoms with Gasteiger partial charge in [0.2, 0.25) is 0 Å². The molecule has 1 aromatic rings. The van der Waals surface area contributed by atoms with Crippen molar-refractivity contribution in [1.29, 1.82) is 0 Å². The molecular formula is C16H18N2O4S. The molecule has 0 bridgehead atoms. The molecule has 2 amide bonds. The van der Waals surface area contributed by atoms with Gasteiger partial charge in [0, 0.05) is 30.4 Å². The molecule has 1 N–H and O–H groups in total. The summed E-state index contributed by atoms with van der Waals surface area (Å²) in [5.41, 5.74) is 1.83. The summed E-state index contributed by atoms with van der Waals surface area (Å²) in [4.78, 5) is 25.8. The maximum atomic E-state index is 11.8. The topological polar surface area (TPSA) is 67.9 Å². The smallest absolute Gasteiger partial charge is 0.290 e. The van der Waals surface area contributed by atoms with Gasteiger partial charge in [-0.2, -0.15) is 0 Å². The van der Waals surface area contributed by atoms with Crippen LogP contribution < -0.4 is 19.7 Å². The Labute approximate surface area is 138 Å². The predicted molar refractivity (Wildman–Crippen MR) is 90.1 cm³/mol. The molecule has 0 aliphatic carbocycles. The molecule has 2 heterocycles. The minimum Gasteiger partial charge on any atom is -0.493 e. The standard InChI is InChI=1S/C16H18N2O4S/c1-21-12-7-10(8-14-15(19)17-16(20)23-14)11(9-13(12)22-2)18-5-3-4-6-18/h7-9H,3-6H2,1-2H3,(H,17,19,20). The minimum atomic E-state index is -0.359. The number of rotatable bonds is 4. The average molecular weight is 334 g/mol. The zero-order valence-corrected chi connectivity index (χ0v) is 13.9. The molecule has 2 saturated heterocycles. The van der Waals surface area contributed by atoms with Crippen LogP contribution in [0.3, 0.4) is 0 Å². The molecule has 3 rings (SSSR count). The highest BCUT2D eigenvalue weighted by atomic mass is 32.2.